The normalized spacial score (nSPS) is 22.6. The number of hydrogen-bond donors (Lipinski definition) is 1. The predicted molar refractivity (Wildman–Crippen MR) is 53.4 cm³/mol. The second-order valence-corrected chi connectivity index (χ2v) is 4.97. The van der Waals surface area contributed by atoms with Crippen LogP contribution in [0.25, 0.3) is 0 Å². The maximum atomic E-state index is 11.4. The van der Waals surface area contributed by atoms with Gasteiger partial charge in [-0.15, -0.1) is 0 Å². The van der Waals surface area contributed by atoms with Crippen molar-refractivity contribution in [3.8, 4) is 0 Å². The molecule has 1 unspecified atom stereocenters. The van der Waals surface area contributed by atoms with Crippen molar-refractivity contribution in [3.63, 3.8) is 0 Å². The largest absolute Gasteiger partial charge is 0.350 e. The van der Waals surface area contributed by atoms with Crippen LogP contribution in [0.2, 0.25) is 0 Å². The molecule has 1 N–H and O–H groups in total. The lowest BCUT2D eigenvalue weighted by Crippen LogP contribution is -2.54. The molecule has 70 valence electrons. The highest BCUT2D eigenvalue weighted by Gasteiger charge is 2.36. The number of alkyl halides is 1. The van der Waals surface area contributed by atoms with E-state index < -0.39 is 0 Å². The molecule has 1 fully saturated rings. The van der Waals surface area contributed by atoms with Crippen LogP contribution < -0.4 is 5.32 Å². The summed E-state index contributed by atoms with van der Waals surface area (Å²) in [5.41, 5.74) is 0.138. The van der Waals surface area contributed by atoms with E-state index in [4.69, 9.17) is 0 Å². The van der Waals surface area contributed by atoms with Crippen LogP contribution in [0.4, 0.5) is 0 Å². The Morgan fingerprint density at radius 3 is 2.50 bits per heavy atom. The Kier molecular flexibility index (Phi) is 3.16. The summed E-state index contributed by atoms with van der Waals surface area (Å²) in [6, 6.07) is 0. The molecule has 1 amide bonds. The summed E-state index contributed by atoms with van der Waals surface area (Å²) in [5.74, 6) is 0.122. The van der Waals surface area contributed by atoms with Crippen LogP contribution in [0, 0.1) is 0 Å². The molecule has 0 bridgehead atoms. The van der Waals surface area contributed by atoms with E-state index >= 15 is 0 Å². The van der Waals surface area contributed by atoms with Crippen LogP contribution in [0.5, 0.6) is 0 Å². The Hall–Kier alpha value is -0.0500. The van der Waals surface area contributed by atoms with Gasteiger partial charge in [0, 0.05) is 5.54 Å². The second-order valence-electron chi connectivity index (χ2n) is 3.59. The van der Waals surface area contributed by atoms with Crippen LogP contribution in [-0.4, -0.2) is 16.3 Å². The molecule has 0 aromatic carbocycles. The van der Waals surface area contributed by atoms with Gasteiger partial charge in [0.2, 0.25) is 5.91 Å². The van der Waals surface area contributed by atoms with Crippen molar-refractivity contribution in [2.75, 3.05) is 0 Å². The Balaban J connectivity index is 2.43. The van der Waals surface area contributed by atoms with Crippen LogP contribution in [0.3, 0.4) is 0 Å². The minimum Gasteiger partial charge on any atom is -0.350 e. The highest BCUT2D eigenvalue weighted by molar-refractivity contribution is 9.10. The number of halogens is 1. The second kappa shape index (κ2) is 3.77. The first-order chi connectivity index (χ1) is 5.59. The minimum absolute atomic E-state index is 0.0680. The lowest BCUT2D eigenvalue weighted by molar-refractivity contribution is -0.123. The third-order valence-corrected chi connectivity index (χ3v) is 3.15. The van der Waals surface area contributed by atoms with Gasteiger partial charge in [0.05, 0.1) is 4.83 Å². The van der Waals surface area contributed by atoms with E-state index in [1.54, 1.807) is 0 Å². The fourth-order valence-corrected chi connectivity index (χ4v) is 1.65. The number of hydrogen-bond acceptors (Lipinski definition) is 1. The summed E-state index contributed by atoms with van der Waals surface area (Å²) < 4.78 is 0. The fourth-order valence-electron chi connectivity index (χ4n) is 1.53. The molecule has 1 atom stereocenters. The van der Waals surface area contributed by atoms with Gasteiger partial charge >= 0.3 is 0 Å². The summed E-state index contributed by atoms with van der Waals surface area (Å²) in [6.45, 7) is 4.00. The summed E-state index contributed by atoms with van der Waals surface area (Å²) in [4.78, 5) is 11.3. The SMILES string of the molecule is CCC1(NC(=O)C(C)Br)CCC1. The fraction of sp³-hybridized carbons (Fsp3) is 0.889. The van der Waals surface area contributed by atoms with E-state index in [0.29, 0.717) is 0 Å². The van der Waals surface area contributed by atoms with Gasteiger partial charge in [0.1, 0.15) is 0 Å². The molecule has 0 aromatic heterocycles. The predicted octanol–water partition coefficient (Wildman–Crippen LogP) is 2.22. The lowest BCUT2D eigenvalue weighted by atomic mass is 9.75. The third kappa shape index (κ3) is 2.00. The van der Waals surface area contributed by atoms with Gasteiger partial charge in [-0.25, -0.2) is 0 Å². The average molecular weight is 234 g/mol. The van der Waals surface area contributed by atoms with Crippen LogP contribution >= 0.6 is 15.9 Å². The Morgan fingerprint density at radius 1 is 1.67 bits per heavy atom. The number of nitrogens with one attached hydrogen (secondary N) is 1. The van der Waals surface area contributed by atoms with Crippen molar-refractivity contribution >= 4 is 21.8 Å². The Labute approximate surface area is 82.2 Å². The van der Waals surface area contributed by atoms with Gasteiger partial charge in [-0.3, -0.25) is 4.79 Å². The van der Waals surface area contributed by atoms with E-state index in [1.807, 2.05) is 6.92 Å². The highest BCUT2D eigenvalue weighted by Crippen LogP contribution is 2.34. The van der Waals surface area contributed by atoms with Gasteiger partial charge in [-0.2, -0.15) is 0 Å². The van der Waals surface area contributed by atoms with Crippen molar-refractivity contribution in [2.45, 2.75) is 49.9 Å². The van der Waals surface area contributed by atoms with E-state index in [1.165, 1.54) is 6.42 Å². The lowest BCUT2D eigenvalue weighted by Gasteiger charge is -2.42. The molecule has 2 nitrogen and oxygen atoms in total. The molecule has 1 aliphatic carbocycles. The zero-order chi connectivity index (χ0) is 9.19. The number of amides is 1. The van der Waals surface area contributed by atoms with Gasteiger partial charge in [-0.1, -0.05) is 22.9 Å². The zero-order valence-electron chi connectivity index (χ0n) is 7.69. The van der Waals surface area contributed by atoms with Crippen molar-refractivity contribution < 1.29 is 4.79 Å². The van der Waals surface area contributed by atoms with Crippen molar-refractivity contribution in [1.82, 2.24) is 5.32 Å². The molecule has 1 rings (SSSR count). The van der Waals surface area contributed by atoms with E-state index in [0.717, 1.165) is 19.3 Å². The summed E-state index contributed by atoms with van der Waals surface area (Å²) >= 11 is 3.26. The number of rotatable bonds is 3. The molecule has 0 radical (unpaired) electrons. The first kappa shape index (κ1) is 10.0. The highest BCUT2D eigenvalue weighted by atomic mass is 79.9. The molecular formula is C9H16BrNO. The maximum Gasteiger partial charge on any atom is 0.233 e. The quantitative estimate of drug-likeness (QED) is 0.745. The van der Waals surface area contributed by atoms with Crippen molar-refractivity contribution in [2.24, 2.45) is 0 Å². The molecule has 0 spiro atoms. The summed E-state index contributed by atoms with van der Waals surface area (Å²) in [6.07, 6.45) is 4.60. The van der Waals surface area contributed by atoms with Crippen molar-refractivity contribution in [3.05, 3.63) is 0 Å². The van der Waals surface area contributed by atoms with Crippen molar-refractivity contribution in [1.29, 1.82) is 0 Å². The standard InChI is InChI=1S/C9H16BrNO/c1-3-9(5-4-6-9)11-8(12)7(2)10/h7H,3-6H2,1-2H3,(H,11,12). The minimum atomic E-state index is -0.0680. The number of carbonyl (C=O) groups excluding carboxylic acids is 1. The first-order valence-electron chi connectivity index (χ1n) is 4.56. The van der Waals surface area contributed by atoms with Gasteiger partial charge in [0.25, 0.3) is 0 Å². The van der Waals surface area contributed by atoms with E-state index in [-0.39, 0.29) is 16.3 Å². The summed E-state index contributed by atoms with van der Waals surface area (Å²) in [5, 5.41) is 3.09. The average Bonchev–Trinajstić information content (AvgIpc) is 1.96. The summed E-state index contributed by atoms with van der Waals surface area (Å²) in [7, 11) is 0. The van der Waals surface area contributed by atoms with Crippen LogP contribution in [0.15, 0.2) is 0 Å². The Morgan fingerprint density at radius 2 is 2.25 bits per heavy atom. The van der Waals surface area contributed by atoms with Gasteiger partial charge in [0.15, 0.2) is 0 Å². The first-order valence-corrected chi connectivity index (χ1v) is 5.47. The molecule has 12 heavy (non-hydrogen) atoms. The monoisotopic (exact) mass is 233 g/mol. The molecule has 1 saturated carbocycles. The smallest absolute Gasteiger partial charge is 0.233 e. The van der Waals surface area contributed by atoms with Crippen LogP contribution in [-0.2, 0) is 4.79 Å². The molecular weight excluding hydrogens is 218 g/mol. The van der Waals surface area contributed by atoms with E-state index in [9.17, 15) is 4.79 Å². The molecule has 0 saturated heterocycles. The molecule has 1 aliphatic rings. The molecule has 3 heteroatoms. The Bertz CT molecular complexity index is 170. The third-order valence-electron chi connectivity index (χ3n) is 2.74. The molecule has 0 heterocycles. The zero-order valence-corrected chi connectivity index (χ0v) is 9.28. The number of carbonyl (C=O) groups is 1. The van der Waals surface area contributed by atoms with Gasteiger partial charge < -0.3 is 5.32 Å². The van der Waals surface area contributed by atoms with Crippen LogP contribution in [0.1, 0.15) is 39.5 Å². The molecule has 0 aromatic rings. The molecule has 0 aliphatic heterocycles. The van der Waals surface area contributed by atoms with E-state index in [2.05, 4.69) is 28.2 Å². The maximum absolute atomic E-state index is 11.4. The van der Waals surface area contributed by atoms with Gasteiger partial charge in [-0.05, 0) is 32.6 Å². The topological polar surface area (TPSA) is 29.1 Å².